The Kier molecular flexibility index (Phi) is 4.89. The molecule has 2 rings (SSSR count). The van der Waals surface area contributed by atoms with Gasteiger partial charge in [0.1, 0.15) is 0 Å². The summed E-state index contributed by atoms with van der Waals surface area (Å²) in [5.74, 6) is -0.891. The molecule has 1 aliphatic carbocycles. The Morgan fingerprint density at radius 2 is 2.25 bits per heavy atom. The molecular weight excluding hydrogens is 261 g/mol. The molecule has 1 fully saturated rings. The molecule has 0 radical (unpaired) electrons. The number of carbonyl (C=O) groups excluding carboxylic acids is 1. The van der Waals surface area contributed by atoms with Gasteiger partial charge in [-0.3, -0.25) is 4.79 Å². The highest BCUT2D eigenvalue weighted by molar-refractivity contribution is 5.95. The first-order valence-electron chi connectivity index (χ1n) is 6.96. The van der Waals surface area contributed by atoms with E-state index in [2.05, 4.69) is 15.6 Å². The molecular formula is C14H20FN3O2. The summed E-state index contributed by atoms with van der Waals surface area (Å²) >= 11 is 0. The van der Waals surface area contributed by atoms with E-state index in [1.165, 1.54) is 12.3 Å². The Morgan fingerprint density at radius 1 is 1.50 bits per heavy atom. The number of nitrogens with one attached hydrogen (secondary N) is 2. The fourth-order valence-electron chi connectivity index (χ4n) is 2.23. The van der Waals surface area contributed by atoms with E-state index in [-0.39, 0.29) is 23.5 Å². The Bertz CT molecular complexity index is 475. The highest BCUT2D eigenvalue weighted by Gasteiger charge is 2.31. The second kappa shape index (κ2) is 6.65. The normalized spacial score (nSPS) is 21.1. The molecule has 2 N–H and O–H groups in total. The average Bonchev–Trinajstić information content (AvgIpc) is 2.39. The van der Waals surface area contributed by atoms with E-state index in [9.17, 15) is 9.18 Å². The second-order valence-corrected chi connectivity index (χ2v) is 4.77. The van der Waals surface area contributed by atoms with Crippen molar-refractivity contribution in [2.24, 2.45) is 0 Å². The van der Waals surface area contributed by atoms with E-state index in [0.29, 0.717) is 13.2 Å². The number of hydrogen-bond acceptors (Lipinski definition) is 4. The van der Waals surface area contributed by atoms with Gasteiger partial charge >= 0.3 is 0 Å². The zero-order valence-corrected chi connectivity index (χ0v) is 11.8. The third-order valence-corrected chi connectivity index (χ3v) is 3.31. The first kappa shape index (κ1) is 14.7. The molecule has 0 spiro atoms. The predicted octanol–water partition coefficient (Wildman–Crippen LogP) is 1.95. The van der Waals surface area contributed by atoms with Crippen LogP contribution in [0.4, 0.5) is 10.2 Å². The van der Waals surface area contributed by atoms with Gasteiger partial charge in [0.05, 0.1) is 11.7 Å². The lowest BCUT2D eigenvalue weighted by molar-refractivity contribution is -0.00865. The van der Waals surface area contributed by atoms with Crippen LogP contribution < -0.4 is 10.6 Å². The van der Waals surface area contributed by atoms with Crippen molar-refractivity contribution in [3.8, 4) is 0 Å². The van der Waals surface area contributed by atoms with Gasteiger partial charge in [-0.25, -0.2) is 9.37 Å². The molecule has 5 nitrogen and oxygen atoms in total. The van der Waals surface area contributed by atoms with Gasteiger partial charge in [-0.1, -0.05) is 0 Å². The summed E-state index contributed by atoms with van der Waals surface area (Å²) in [5, 5.41) is 5.61. The van der Waals surface area contributed by atoms with Crippen LogP contribution in [0.25, 0.3) is 0 Å². The number of hydrogen-bond donors (Lipinski definition) is 2. The van der Waals surface area contributed by atoms with Crippen molar-refractivity contribution in [2.45, 2.75) is 38.8 Å². The molecule has 1 amide bonds. The molecule has 110 valence electrons. The van der Waals surface area contributed by atoms with Gasteiger partial charge in [-0.05, 0) is 32.8 Å². The number of rotatable bonds is 6. The maximum absolute atomic E-state index is 14.1. The zero-order valence-electron chi connectivity index (χ0n) is 11.8. The third-order valence-electron chi connectivity index (χ3n) is 3.31. The molecule has 20 heavy (non-hydrogen) atoms. The van der Waals surface area contributed by atoms with Gasteiger partial charge < -0.3 is 15.4 Å². The Balaban J connectivity index is 1.95. The summed E-state index contributed by atoms with van der Waals surface area (Å²) in [6, 6.07) is 1.46. The Hall–Kier alpha value is -1.69. The van der Waals surface area contributed by atoms with Gasteiger partial charge in [0.2, 0.25) is 0 Å². The van der Waals surface area contributed by atoms with Gasteiger partial charge in [0.15, 0.2) is 11.6 Å². The molecule has 0 unspecified atom stereocenters. The highest BCUT2D eigenvalue weighted by atomic mass is 19.1. The number of carbonyl (C=O) groups is 1. The van der Waals surface area contributed by atoms with E-state index < -0.39 is 11.7 Å². The lowest BCUT2D eigenvalue weighted by Crippen LogP contribution is -2.48. The van der Waals surface area contributed by atoms with Gasteiger partial charge in [0, 0.05) is 25.4 Å². The smallest absolute Gasteiger partial charge is 0.254 e. The maximum Gasteiger partial charge on any atom is 0.254 e. The first-order chi connectivity index (χ1) is 9.65. The van der Waals surface area contributed by atoms with Crippen molar-refractivity contribution in [3.63, 3.8) is 0 Å². The summed E-state index contributed by atoms with van der Waals surface area (Å²) in [4.78, 5) is 15.9. The van der Waals surface area contributed by atoms with Crippen molar-refractivity contribution >= 4 is 11.7 Å². The van der Waals surface area contributed by atoms with Crippen molar-refractivity contribution in [1.82, 2.24) is 10.3 Å². The quantitative estimate of drug-likeness (QED) is 0.836. The van der Waals surface area contributed by atoms with Gasteiger partial charge in [-0.2, -0.15) is 0 Å². The molecule has 0 aliphatic heterocycles. The van der Waals surface area contributed by atoms with E-state index in [1.807, 2.05) is 13.8 Å². The number of halogens is 1. The SMILES string of the molecule is CCNc1nccc(C(=O)NC2CC(OCC)C2)c1F. The van der Waals surface area contributed by atoms with E-state index >= 15 is 0 Å². The zero-order chi connectivity index (χ0) is 14.5. The summed E-state index contributed by atoms with van der Waals surface area (Å²) in [7, 11) is 0. The molecule has 1 saturated carbocycles. The van der Waals surface area contributed by atoms with Crippen LogP contribution >= 0.6 is 0 Å². The second-order valence-electron chi connectivity index (χ2n) is 4.77. The minimum absolute atomic E-state index is 0.0239. The standard InChI is InChI=1S/C14H20FN3O2/c1-3-16-13-12(15)11(5-6-17-13)14(19)18-9-7-10(8-9)20-4-2/h5-6,9-10H,3-4,7-8H2,1-2H3,(H,16,17)(H,18,19). The van der Waals surface area contributed by atoms with Crippen molar-refractivity contribution < 1.29 is 13.9 Å². The maximum atomic E-state index is 14.1. The van der Waals surface area contributed by atoms with Crippen LogP contribution in [0.1, 0.15) is 37.0 Å². The van der Waals surface area contributed by atoms with Crippen LogP contribution in [0.15, 0.2) is 12.3 Å². The third kappa shape index (κ3) is 3.25. The summed E-state index contributed by atoms with van der Waals surface area (Å²) < 4.78 is 19.5. The van der Waals surface area contributed by atoms with Crippen molar-refractivity contribution in [2.75, 3.05) is 18.5 Å². The van der Waals surface area contributed by atoms with Crippen LogP contribution in [0.2, 0.25) is 0 Å². The number of nitrogens with zero attached hydrogens (tertiary/aromatic N) is 1. The van der Waals surface area contributed by atoms with E-state index in [1.54, 1.807) is 0 Å². The summed E-state index contributed by atoms with van der Waals surface area (Å²) in [6.45, 7) is 5.01. The number of aromatic nitrogens is 1. The van der Waals surface area contributed by atoms with Gasteiger partial charge in [-0.15, -0.1) is 0 Å². The molecule has 1 heterocycles. The van der Waals surface area contributed by atoms with Crippen molar-refractivity contribution in [1.29, 1.82) is 0 Å². The molecule has 1 aromatic rings. The fraction of sp³-hybridized carbons (Fsp3) is 0.571. The number of amides is 1. The topological polar surface area (TPSA) is 63.2 Å². The molecule has 0 saturated heterocycles. The Morgan fingerprint density at radius 3 is 2.90 bits per heavy atom. The first-order valence-corrected chi connectivity index (χ1v) is 6.96. The molecule has 0 atom stereocenters. The molecule has 1 aliphatic rings. The largest absolute Gasteiger partial charge is 0.378 e. The van der Waals surface area contributed by atoms with E-state index in [4.69, 9.17) is 4.74 Å². The molecule has 0 aromatic carbocycles. The Labute approximate surface area is 117 Å². The monoisotopic (exact) mass is 281 g/mol. The van der Waals surface area contributed by atoms with E-state index in [0.717, 1.165) is 12.8 Å². The lowest BCUT2D eigenvalue weighted by atomic mass is 9.89. The minimum Gasteiger partial charge on any atom is -0.378 e. The van der Waals surface area contributed by atoms with Crippen LogP contribution in [-0.2, 0) is 4.74 Å². The van der Waals surface area contributed by atoms with Crippen LogP contribution in [0, 0.1) is 5.82 Å². The fourth-order valence-corrected chi connectivity index (χ4v) is 2.23. The van der Waals surface area contributed by atoms with Crippen LogP contribution in [0.5, 0.6) is 0 Å². The van der Waals surface area contributed by atoms with Crippen LogP contribution in [0.3, 0.4) is 0 Å². The van der Waals surface area contributed by atoms with Gasteiger partial charge in [0.25, 0.3) is 5.91 Å². The number of ether oxygens (including phenoxy) is 1. The molecule has 1 aromatic heterocycles. The average molecular weight is 281 g/mol. The summed E-state index contributed by atoms with van der Waals surface area (Å²) in [6.07, 6.45) is 3.21. The predicted molar refractivity (Wildman–Crippen MR) is 74.3 cm³/mol. The highest BCUT2D eigenvalue weighted by Crippen LogP contribution is 2.24. The summed E-state index contributed by atoms with van der Waals surface area (Å²) in [5.41, 5.74) is 0.0239. The van der Waals surface area contributed by atoms with Crippen molar-refractivity contribution in [3.05, 3.63) is 23.6 Å². The number of anilines is 1. The lowest BCUT2D eigenvalue weighted by Gasteiger charge is -2.35. The minimum atomic E-state index is -0.604. The molecule has 0 bridgehead atoms. The molecule has 6 heteroatoms. The van der Waals surface area contributed by atoms with Crippen LogP contribution in [-0.4, -0.2) is 36.2 Å². The number of pyridine rings is 1.